The minimum absolute atomic E-state index is 0. The van der Waals surface area contributed by atoms with Crippen molar-refractivity contribution < 1.29 is 0 Å². The van der Waals surface area contributed by atoms with Crippen LogP contribution in [0.4, 0.5) is 0 Å². The second kappa shape index (κ2) is 5.25. The van der Waals surface area contributed by atoms with Gasteiger partial charge in [-0.15, -0.1) is 12.4 Å². The normalized spacial score (nSPS) is 10.3. The van der Waals surface area contributed by atoms with E-state index in [4.69, 9.17) is 5.73 Å². The van der Waals surface area contributed by atoms with E-state index < -0.39 is 0 Å². The van der Waals surface area contributed by atoms with E-state index in [0.717, 1.165) is 5.56 Å². The molecule has 2 nitrogen and oxygen atoms in total. The predicted octanol–water partition coefficient (Wildman–Crippen LogP) is 3.51. The average molecular weight is 259 g/mol. The molecule has 92 valence electrons. The van der Waals surface area contributed by atoms with Crippen LogP contribution in [-0.4, -0.2) is 4.57 Å². The van der Waals surface area contributed by atoms with Gasteiger partial charge in [0.2, 0.25) is 0 Å². The van der Waals surface area contributed by atoms with Crippen LogP contribution >= 0.6 is 12.4 Å². The van der Waals surface area contributed by atoms with E-state index >= 15 is 0 Å². The van der Waals surface area contributed by atoms with E-state index in [1.54, 1.807) is 0 Å². The van der Waals surface area contributed by atoms with Crippen molar-refractivity contribution in [3.63, 3.8) is 0 Å². The minimum atomic E-state index is 0. The summed E-state index contributed by atoms with van der Waals surface area (Å²) < 4.78 is 2.19. The summed E-state index contributed by atoms with van der Waals surface area (Å²) >= 11 is 0. The zero-order valence-corrected chi connectivity index (χ0v) is 10.7. The van der Waals surface area contributed by atoms with Crippen LogP contribution in [0, 0.1) is 0 Å². The average Bonchev–Trinajstić information content (AvgIpc) is 2.83. The highest BCUT2D eigenvalue weighted by Crippen LogP contribution is 2.20. The Labute approximate surface area is 112 Å². The quantitative estimate of drug-likeness (QED) is 0.749. The summed E-state index contributed by atoms with van der Waals surface area (Å²) in [6, 6.07) is 18.9. The van der Waals surface area contributed by atoms with Gasteiger partial charge in [0.25, 0.3) is 0 Å². The molecule has 0 aliphatic heterocycles. The van der Waals surface area contributed by atoms with Crippen LogP contribution in [0.3, 0.4) is 0 Å². The Bertz CT molecular complexity index is 641. The number of para-hydroxylation sites is 1. The smallest absolute Gasteiger partial charge is 0.0528 e. The number of aromatic nitrogens is 1. The highest BCUT2D eigenvalue weighted by molar-refractivity contribution is 5.85. The second-order valence-corrected chi connectivity index (χ2v) is 4.12. The number of benzene rings is 2. The first-order valence-electron chi connectivity index (χ1n) is 5.74. The van der Waals surface area contributed by atoms with Gasteiger partial charge in [-0.25, -0.2) is 0 Å². The van der Waals surface area contributed by atoms with Crippen molar-refractivity contribution in [3.8, 4) is 5.69 Å². The number of fused-ring (bicyclic) bond motifs is 1. The van der Waals surface area contributed by atoms with Gasteiger partial charge in [0, 0.05) is 18.4 Å². The zero-order chi connectivity index (χ0) is 11.7. The van der Waals surface area contributed by atoms with Gasteiger partial charge >= 0.3 is 0 Å². The molecule has 0 unspecified atom stereocenters. The largest absolute Gasteiger partial charge is 0.326 e. The SMILES string of the molecule is Cl.NCc1ccc(-n2ccc3ccccc32)cc1. The Morgan fingerprint density at radius 1 is 0.889 bits per heavy atom. The summed E-state index contributed by atoms with van der Waals surface area (Å²) in [4.78, 5) is 0. The molecule has 2 N–H and O–H groups in total. The van der Waals surface area contributed by atoms with Crippen molar-refractivity contribution in [1.82, 2.24) is 4.57 Å². The molecule has 0 atom stereocenters. The summed E-state index contributed by atoms with van der Waals surface area (Å²) in [5, 5.41) is 1.26. The van der Waals surface area contributed by atoms with Crippen LogP contribution in [0.15, 0.2) is 60.8 Å². The number of hydrogen-bond donors (Lipinski definition) is 1. The summed E-state index contributed by atoms with van der Waals surface area (Å²) in [5.41, 5.74) is 9.16. The van der Waals surface area contributed by atoms with E-state index in [1.165, 1.54) is 16.6 Å². The lowest BCUT2D eigenvalue weighted by Gasteiger charge is -2.06. The van der Waals surface area contributed by atoms with Crippen LogP contribution in [0.1, 0.15) is 5.56 Å². The van der Waals surface area contributed by atoms with Crippen LogP contribution in [0.2, 0.25) is 0 Å². The lowest BCUT2D eigenvalue weighted by molar-refractivity contribution is 1.06. The number of rotatable bonds is 2. The van der Waals surface area contributed by atoms with Gasteiger partial charge in [-0.3, -0.25) is 0 Å². The number of hydrogen-bond acceptors (Lipinski definition) is 1. The summed E-state index contributed by atoms with van der Waals surface area (Å²) in [6.45, 7) is 0.590. The fraction of sp³-hybridized carbons (Fsp3) is 0.0667. The van der Waals surface area contributed by atoms with E-state index in [9.17, 15) is 0 Å². The van der Waals surface area contributed by atoms with Crippen LogP contribution in [0.25, 0.3) is 16.6 Å². The molecule has 3 rings (SSSR count). The molecule has 0 fully saturated rings. The number of halogens is 1. The van der Waals surface area contributed by atoms with E-state index in [1.807, 2.05) is 0 Å². The maximum atomic E-state index is 5.60. The van der Waals surface area contributed by atoms with Crippen molar-refractivity contribution >= 4 is 23.3 Å². The topological polar surface area (TPSA) is 30.9 Å². The first-order valence-corrected chi connectivity index (χ1v) is 5.74. The fourth-order valence-electron chi connectivity index (χ4n) is 2.10. The molecule has 2 aromatic carbocycles. The summed E-state index contributed by atoms with van der Waals surface area (Å²) in [5.74, 6) is 0. The first-order chi connectivity index (χ1) is 8.38. The third-order valence-electron chi connectivity index (χ3n) is 3.05. The summed E-state index contributed by atoms with van der Waals surface area (Å²) in [7, 11) is 0. The Hall–Kier alpha value is -1.77. The molecular formula is C15H15ClN2. The molecule has 0 bridgehead atoms. The van der Waals surface area contributed by atoms with Gasteiger partial charge in [0.05, 0.1) is 5.52 Å². The van der Waals surface area contributed by atoms with Crippen molar-refractivity contribution in [2.75, 3.05) is 0 Å². The first kappa shape index (κ1) is 12.7. The number of nitrogens with two attached hydrogens (primary N) is 1. The van der Waals surface area contributed by atoms with Crippen LogP contribution < -0.4 is 5.73 Å². The molecule has 0 saturated carbocycles. The van der Waals surface area contributed by atoms with Crippen molar-refractivity contribution in [2.45, 2.75) is 6.54 Å². The molecular weight excluding hydrogens is 244 g/mol. The Morgan fingerprint density at radius 2 is 1.61 bits per heavy atom. The summed E-state index contributed by atoms with van der Waals surface area (Å²) in [6.07, 6.45) is 2.10. The molecule has 0 radical (unpaired) electrons. The standard InChI is InChI=1S/C15H14N2.ClH/c16-11-12-5-7-14(8-6-12)17-10-9-13-3-1-2-4-15(13)17;/h1-10H,11,16H2;1H. The maximum Gasteiger partial charge on any atom is 0.0528 e. The third kappa shape index (κ3) is 2.13. The molecule has 0 aliphatic rings. The highest BCUT2D eigenvalue weighted by Gasteiger charge is 2.01. The van der Waals surface area contributed by atoms with Crippen molar-refractivity contribution in [2.24, 2.45) is 5.73 Å². The van der Waals surface area contributed by atoms with Gasteiger partial charge < -0.3 is 10.3 Å². The maximum absolute atomic E-state index is 5.60. The van der Waals surface area contributed by atoms with Crippen molar-refractivity contribution in [1.29, 1.82) is 0 Å². The predicted molar refractivity (Wildman–Crippen MR) is 78.4 cm³/mol. The molecule has 0 spiro atoms. The van der Waals surface area contributed by atoms with Gasteiger partial charge in [0.15, 0.2) is 0 Å². The number of nitrogens with zero attached hydrogens (tertiary/aromatic N) is 1. The molecule has 3 heteroatoms. The lowest BCUT2D eigenvalue weighted by Crippen LogP contribution is -1.97. The molecule has 0 amide bonds. The molecule has 0 aliphatic carbocycles. The van der Waals surface area contributed by atoms with Gasteiger partial charge in [-0.2, -0.15) is 0 Å². The van der Waals surface area contributed by atoms with Crippen molar-refractivity contribution in [3.05, 3.63) is 66.4 Å². The van der Waals surface area contributed by atoms with E-state index in [-0.39, 0.29) is 12.4 Å². The Morgan fingerprint density at radius 3 is 2.33 bits per heavy atom. The Kier molecular flexibility index (Phi) is 3.70. The minimum Gasteiger partial charge on any atom is -0.326 e. The van der Waals surface area contributed by atoms with Gasteiger partial charge in [-0.05, 0) is 35.2 Å². The van der Waals surface area contributed by atoms with E-state index in [2.05, 4.69) is 65.4 Å². The fourth-order valence-corrected chi connectivity index (χ4v) is 2.10. The molecule has 18 heavy (non-hydrogen) atoms. The lowest BCUT2D eigenvalue weighted by atomic mass is 10.2. The monoisotopic (exact) mass is 258 g/mol. The van der Waals surface area contributed by atoms with Gasteiger partial charge in [0.1, 0.15) is 0 Å². The Balaban J connectivity index is 0.00000120. The zero-order valence-electron chi connectivity index (χ0n) is 9.91. The molecule has 1 heterocycles. The van der Waals surface area contributed by atoms with Crippen LogP contribution in [0.5, 0.6) is 0 Å². The molecule has 3 aromatic rings. The van der Waals surface area contributed by atoms with Crippen LogP contribution in [-0.2, 0) is 6.54 Å². The second-order valence-electron chi connectivity index (χ2n) is 4.12. The highest BCUT2D eigenvalue weighted by atomic mass is 35.5. The van der Waals surface area contributed by atoms with Gasteiger partial charge in [-0.1, -0.05) is 30.3 Å². The van der Waals surface area contributed by atoms with E-state index in [0.29, 0.717) is 6.54 Å². The molecule has 1 aromatic heterocycles. The molecule has 0 saturated heterocycles. The third-order valence-corrected chi connectivity index (χ3v) is 3.05.